The van der Waals surface area contributed by atoms with E-state index in [0.29, 0.717) is 21.8 Å². The molecule has 0 spiro atoms. The summed E-state index contributed by atoms with van der Waals surface area (Å²) in [7, 11) is 0. The van der Waals surface area contributed by atoms with E-state index in [1.807, 2.05) is 84.9 Å². The molecular weight excluding hydrogens is 661 g/mol. The van der Waals surface area contributed by atoms with Crippen molar-refractivity contribution in [1.82, 2.24) is 9.03 Å². The fraction of sp³-hybridized carbons (Fsp3) is 0. The summed E-state index contributed by atoms with van der Waals surface area (Å²) in [5, 5.41) is 1.01. The number of aromatic nitrogens is 2. The summed E-state index contributed by atoms with van der Waals surface area (Å²) in [6.07, 6.45) is 0. The second kappa shape index (κ2) is 12.7. The fourth-order valence-electron chi connectivity index (χ4n) is 7.89. The SMILES string of the molecule is O=c1c2cc(-c3ccc(-c4ccccc4)c(-c4ccccc4)c3)ccc2n2c3ccc(-c4ccc(-c5ccccc5)c(-c5ccccc5)c4)cc3c(=O)n12. The minimum absolute atomic E-state index is 0.322. The third-order valence-electron chi connectivity index (χ3n) is 10.5. The summed E-state index contributed by atoms with van der Waals surface area (Å²) in [4.78, 5) is 28.1. The van der Waals surface area contributed by atoms with Gasteiger partial charge in [-0.05, 0) is 103 Å². The van der Waals surface area contributed by atoms with E-state index in [0.717, 1.165) is 66.8 Å². The first-order valence-corrected chi connectivity index (χ1v) is 18.1. The minimum atomic E-state index is -0.322. The zero-order valence-electron chi connectivity index (χ0n) is 29.2. The molecule has 0 aliphatic heterocycles. The van der Waals surface area contributed by atoms with Gasteiger partial charge in [-0.2, -0.15) is 4.52 Å². The van der Waals surface area contributed by atoms with Crippen LogP contribution in [0.15, 0.2) is 204 Å². The van der Waals surface area contributed by atoms with Crippen LogP contribution in [0.25, 0.3) is 88.6 Å². The van der Waals surface area contributed by atoms with E-state index in [9.17, 15) is 9.59 Å². The number of hydrogen-bond donors (Lipinski definition) is 0. The molecule has 0 aliphatic rings. The molecule has 0 fully saturated rings. The van der Waals surface area contributed by atoms with Crippen LogP contribution < -0.4 is 11.1 Å². The predicted molar refractivity (Wildman–Crippen MR) is 222 cm³/mol. The Hall–Kier alpha value is -7.30. The number of rotatable bonds is 6. The van der Waals surface area contributed by atoms with Crippen molar-refractivity contribution in [3.8, 4) is 66.8 Å². The van der Waals surface area contributed by atoms with Gasteiger partial charge in [-0.3, -0.25) is 9.59 Å². The molecule has 0 unspecified atom stereocenters. The van der Waals surface area contributed by atoms with Crippen molar-refractivity contribution in [2.75, 3.05) is 0 Å². The molecule has 2 heterocycles. The smallest absolute Gasteiger partial charge is 0.267 e. The molecular formula is C50H32N2O2. The van der Waals surface area contributed by atoms with Gasteiger partial charge >= 0.3 is 0 Å². The molecule has 8 aromatic carbocycles. The molecule has 4 nitrogen and oxygen atoms in total. The van der Waals surface area contributed by atoms with Gasteiger partial charge in [-0.25, -0.2) is 4.52 Å². The van der Waals surface area contributed by atoms with Gasteiger partial charge in [0.2, 0.25) is 0 Å². The molecule has 0 bridgehead atoms. The van der Waals surface area contributed by atoms with Crippen molar-refractivity contribution in [2.45, 2.75) is 0 Å². The molecule has 0 radical (unpaired) electrons. The molecule has 54 heavy (non-hydrogen) atoms. The second-order valence-corrected chi connectivity index (χ2v) is 13.7. The predicted octanol–water partition coefficient (Wildman–Crippen LogP) is 11.5. The number of hydrogen-bond acceptors (Lipinski definition) is 2. The lowest BCUT2D eigenvalue weighted by molar-refractivity contribution is 0.841. The highest BCUT2D eigenvalue weighted by Gasteiger charge is 2.20. The van der Waals surface area contributed by atoms with E-state index in [-0.39, 0.29) is 11.1 Å². The summed E-state index contributed by atoms with van der Waals surface area (Å²) in [5.41, 5.74) is 13.6. The molecule has 10 rings (SSSR count). The Morgan fingerprint density at radius 3 is 0.944 bits per heavy atom. The average Bonchev–Trinajstić information content (AvgIpc) is 3.71. The van der Waals surface area contributed by atoms with Crippen LogP contribution in [-0.4, -0.2) is 9.03 Å². The Labute approximate surface area is 311 Å². The van der Waals surface area contributed by atoms with Crippen LogP contribution in [0.5, 0.6) is 0 Å². The van der Waals surface area contributed by atoms with Crippen LogP contribution in [0.1, 0.15) is 0 Å². The van der Waals surface area contributed by atoms with Gasteiger partial charge in [0.15, 0.2) is 0 Å². The van der Waals surface area contributed by atoms with Crippen molar-refractivity contribution in [1.29, 1.82) is 0 Å². The van der Waals surface area contributed by atoms with Gasteiger partial charge in [-0.1, -0.05) is 158 Å². The van der Waals surface area contributed by atoms with Crippen LogP contribution >= 0.6 is 0 Å². The van der Waals surface area contributed by atoms with Crippen LogP contribution in [0, 0.1) is 0 Å². The number of benzene rings is 8. The topological polar surface area (TPSA) is 43.0 Å². The van der Waals surface area contributed by atoms with E-state index in [4.69, 9.17) is 0 Å². The van der Waals surface area contributed by atoms with Crippen LogP contribution in [0.3, 0.4) is 0 Å². The molecule has 10 aromatic rings. The Morgan fingerprint density at radius 1 is 0.259 bits per heavy atom. The van der Waals surface area contributed by atoms with E-state index in [1.165, 1.54) is 4.52 Å². The maximum atomic E-state index is 14.1. The van der Waals surface area contributed by atoms with Crippen LogP contribution in [0.4, 0.5) is 0 Å². The quantitative estimate of drug-likeness (QED) is 0.174. The first-order chi connectivity index (χ1) is 26.6. The first-order valence-electron chi connectivity index (χ1n) is 18.1. The lowest BCUT2D eigenvalue weighted by atomic mass is 9.91. The van der Waals surface area contributed by atoms with Crippen molar-refractivity contribution < 1.29 is 0 Å². The molecule has 0 saturated carbocycles. The van der Waals surface area contributed by atoms with Crippen molar-refractivity contribution >= 4 is 21.8 Å². The number of fused-ring (bicyclic) bond motifs is 5. The van der Waals surface area contributed by atoms with Gasteiger partial charge < -0.3 is 0 Å². The zero-order valence-corrected chi connectivity index (χ0v) is 29.2. The summed E-state index contributed by atoms with van der Waals surface area (Å²) < 4.78 is 3.05. The Bertz CT molecular complexity index is 2900. The second-order valence-electron chi connectivity index (χ2n) is 13.7. The Morgan fingerprint density at radius 2 is 0.574 bits per heavy atom. The number of nitrogens with zero attached hydrogens (tertiary/aromatic N) is 2. The maximum absolute atomic E-state index is 14.1. The molecule has 254 valence electrons. The first kappa shape index (κ1) is 31.4. The van der Waals surface area contributed by atoms with E-state index in [1.54, 1.807) is 4.52 Å². The van der Waals surface area contributed by atoms with Gasteiger partial charge in [0.05, 0.1) is 21.8 Å². The van der Waals surface area contributed by atoms with Crippen LogP contribution in [0.2, 0.25) is 0 Å². The molecule has 0 atom stereocenters. The fourth-order valence-corrected chi connectivity index (χ4v) is 7.89. The normalized spacial score (nSPS) is 11.5. The lowest BCUT2D eigenvalue weighted by Gasteiger charge is -2.13. The molecule has 0 saturated heterocycles. The van der Waals surface area contributed by atoms with Gasteiger partial charge in [-0.15, -0.1) is 0 Å². The molecule has 4 heteroatoms. The lowest BCUT2D eigenvalue weighted by Crippen LogP contribution is -2.21. The van der Waals surface area contributed by atoms with E-state index >= 15 is 0 Å². The molecule has 0 amide bonds. The highest BCUT2D eigenvalue weighted by atomic mass is 16.2. The largest absolute Gasteiger partial charge is 0.282 e. The molecule has 0 N–H and O–H groups in total. The van der Waals surface area contributed by atoms with Crippen molar-refractivity contribution in [3.05, 3.63) is 215 Å². The highest BCUT2D eigenvalue weighted by Crippen LogP contribution is 2.38. The summed E-state index contributed by atoms with van der Waals surface area (Å²) in [5.74, 6) is 0. The van der Waals surface area contributed by atoms with Gasteiger partial charge in [0.1, 0.15) is 0 Å². The highest BCUT2D eigenvalue weighted by molar-refractivity contribution is 5.94. The summed E-state index contributed by atoms with van der Waals surface area (Å²) in [6, 6.07) is 66.2. The molecule has 2 aromatic heterocycles. The third-order valence-corrected chi connectivity index (χ3v) is 10.5. The Kier molecular flexibility index (Phi) is 7.41. The monoisotopic (exact) mass is 692 g/mol. The summed E-state index contributed by atoms with van der Waals surface area (Å²) >= 11 is 0. The van der Waals surface area contributed by atoms with E-state index < -0.39 is 0 Å². The van der Waals surface area contributed by atoms with Crippen molar-refractivity contribution in [2.24, 2.45) is 0 Å². The third kappa shape index (κ3) is 5.15. The van der Waals surface area contributed by atoms with Gasteiger partial charge in [0, 0.05) is 0 Å². The van der Waals surface area contributed by atoms with E-state index in [2.05, 4.69) is 109 Å². The minimum Gasteiger partial charge on any atom is -0.267 e. The standard InChI is InChI=1S/C50H32N2O2/c53-49-45-31-39(37-21-25-41(33-13-5-1-6-14-33)43(29-37)35-17-9-3-10-18-35)23-27-47(45)51-48-28-24-40(32-46(48)50(54)52(49)51)38-22-26-42(34-15-7-2-8-16-34)44(30-38)36-19-11-4-12-20-36/h1-32H. The summed E-state index contributed by atoms with van der Waals surface area (Å²) in [6.45, 7) is 0. The van der Waals surface area contributed by atoms with Crippen molar-refractivity contribution in [3.63, 3.8) is 0 Å². The maximum Gasteiger partial charge on any atom is 0.282 e. The zero-order chi connectivity index (χ0) is 36.2. The molecule has 0 aliphatic carbocycles. The average molecular weight is 693 g/mol. The van der Waals surface area contributed by atoms with Crippen LogP contribution in [-0.2, 0) is 0 Å². The van der Waals surface area contributed by atoms with Gasteiger partial charge in [0.25, 0.3) is 11.1 Å². The Balaban J connectivity index is 1.08.